The molecule has 2 amide bonds. The van der Waals surface area contributed by atoms with Crippen LogP contribution in [0.15, 0.2) is 97.3 Å². The first-order valence-corrected chi connectivity index (χ1v) is 13.5. The van der Waals surface area contributed by atoms with Crippen molar-refractivity contribution in [1.29, 1.82) is 0 Å². The number of benzene rings is 2. The number of para-hydroxylation sites is 1. The largest absolute Gasteiger partial charge is 0.323 e. The molecule has 2 N–H and O–H groups in total. The number of urea groups is 1. The van der Waals surface area contributed by atoms with Crippen molar-refractivity contribution in [2.24, 2.45) is 0 Å². The summed E-state index contributed by atoms with van der Waals surface area (Å²) in [4.78, 5) is 24.2. The highest BCUT2D eigenvalue weighted by atomic mass is 16.2. The van der Waals surface area contributed by atoms with Crippen LogP contribution in [0, 0.1) is 0 Å². The van der Waals surface area contributed by atoms with Crippen molar-refractivity contribution in [1.82, 2.24) is 14.9 Å². The third kappa shape index (κ3) is 8.82. The molecule has 38 heavy (non-hydrogen) atoms. The third-order valence-electron chi connectivity index (χ3n) is 6.41. The Balaban J connectivity index is 1.39. The highest BCUT2D eigenvalue weighted by Crippen LogP contribution is 2.21. The predicted molar refractivity (Wildman–Crippen MR) is 155 cm³/mol. The topological polar surface area (TPSA) is 70.2 Å². The van der Waals surface area contributed by atoms with Gasteiger partial charge in [0.15, 0.2) is 0 Å². The number of amides is 2. The summed E-state index contributed by atoms with van der Waals surface area (Å²) in [5, 5.41) is 6.02. The van der Waals surface area contributed by atoms with E-state index in [2.05, 4.69) is 44.6 Å². The molecule has 2 aromatic carbocycles. The lowest BCUT2D eigenvalue weighted by Gasteiger charge is -2.23. The van der Waals surface area contributed by atoms with E-state index in [1.54, 1.807) is 0 Å². The average molecular weight is 508 g/mol. The van der Waals surface area contributed by atoms with Gasteiger partial charge in [0, 0.05) is 43.4 Å². The smallest absolute Gasteiger partial charge is 0.308 e. The molecule has 0 fully saturated rings. The first-order valence-electron chi connectivity index (χ1n) is 13.5. The van der Waals surface area contributed by atoms with E-state index in [9.17, 15) is 4.79 Å². The zero-order chi connectivity index (χ0) is 26.4. The molecule has 4 rings (SSSR count). The Bertz CT molecular complexity index is 1200. The second kappa shape index (κ2) is 14.6. The number of carbonyl (C=O) groups excluding carboxylic acids is 1. The summed E-state index contributed by atoms with van der Waals surface area (Å²) in [5.74, 6) is 0. The van der Waals surface area contributed by atoms with E-state index in [4.69, 9.17) is 0 Å². The van der Waals surface area contributed by atoms with E-state index in [0.29, 0.717) is 19.6 Å². The molecule has 0 spiro atoms. The Hall–Kier alpha value is -4.03. The number of unbranched alkanes of at least 4 members (excludes halogenated alkanes) is 3. The molecule has 6 heteroatoms. The zero-order valence-electron chi connectivity index (χ0n) is 22.1. The van der Waals surface area contributed by atoms with Gasteiger partial charge in [-0.1, -0.05) is 68.7 Å². The van der Waals surface area contributed by atoms with Crippen LogP contribution >= 0.6 is 0 Å². The molecule has 0 saturated carbocycles. The van der Waals surface area contributed by atoms with Crippen LogP contribution in [-0.2, 0) is 26.1 Å². The predicted octanol–water partition coefficient (Wildman–Crippen LogP) is 7.45. The Morgan fingerprint density at radius 3 is 2.00 bits per heavy atom. The summed E-state index contributed by atoms with van der Waals surface area (Å²) in [6.07, 6.45) is 9.70. The van der Waals surface area contributed by atoms with Gasteiger partial charge in [-0.2, -0.15) is 0 Å². The number of nitrogens with zero attached hydrogens (tertiary/aromatic N) is 3. The van der Waals surface area contributed by atoms with Gasteiger partial charge in [-0.15, -0.1) is 0 Å². The van der Waals surface area contributed by atoms with Gasteiger partial charge >= 0.3 is 6.03 Å². The van der Waals surface area contributed by atoms with Crippen LogP contribution in [0.5, 0.6) is 0 Å². The van der Waals surface area contributed by atoms with Crippen LogP contribution in [-0.4, -0.2) is 20.9 Å². The van der Waals surface area contributed by atoms with Crippen LogP contribution in [0.3, 0.4) is 0 Å². The zero-order valence-corrected chi connectivity index (χ0v) is 22.1. The summed E-state index contributed by atoms with van der Waals surface area (Å²) >= 11 is 0. The molecular formula is C32H37N5O. The van der Waals surface area contributed by atoms with Gasteiger partial charge in [-0.05, 0) is 66.4 Å². The second-order valence-electron chi connectivity index (χ2n) is 9.53. The molecule has 0 radical (unpaired) electrons. The number of carbonyl (C=O) groups is 1. The standard InChI is InChI=1S/C32H37N5O/c1-2-3-4-5-12-26-17-19-28(20-18-26)35-32(38)36-31-16-7-6-13-27(31)23-37(24-29-14-8-10-21-33-29)25-30-15-9-11-22-34-30/h6-11,13-22H,2-5,12,23-25H2,1H3,(H2,35,36,38). The maximum atomic E-state index is 12.9. The molecule has 0 bridgehead atoms. The first kappa shape index (κ1) is 27.0. The second-order valence-corrected chi connectivity index (χ2v) is 9.53. The van der Waals surface area contributed by atoms with E-state index in [1.165, 1.54) is 31.2 Å². The molecule has 0 aliphatic heterocycles. The Kier molecular flexibility index (Phi) is 10.4. The maximum Gasteiger partial charge on any atom is 0.323 e. The average Bonchev–Trinajstić information content (AvgIpc) is 2.94. The highest BCUT2D eigenvalue weighted by Gasteiger charge is 2.14. The number of aryl methyl sites for hydroxylation is 1. The lowest BCUT2D eigenvalue weighted by Crippen LogP contribution is -2.25. The quantitative estimate of drug-likeness (QED) is 0.184. The van der Waals surface area contributed by atoms with Gasteiger partial charge in [0.2, 0.25) is 0 Å². The van der Waals surface area contributed by atoms with Crippen molar-refractivity contribution >= 4 is 17.4 Å². The number of hydrogen-bond acceptors (Lipinski definition) is 4. The Labute approximate surface area is 226 Å². The number of anilines is 2. The number of aromatic nitrogens is 2. The summed E-state index contributed by atoms with van der Waals surface area (Å²) in [6, 6.07) is 27.7. The number of rotatable bonds is 13. The van der Waals surface area contributed by atoms with Crippen molar-refractivity contribution in [3.63, 3.8) is 0 Å². The fourth-order valence-electron chi connectivity index (χ4n) is 4.43. The molecule has 2 heterocycles. The summed E-state index contributed by atoms with van der Waals surface area (Å²) in [7, 11) is 0. The minimum Gasteiger partial charge on any atom is -0.308 e. The van der Waals surface area contributed by atoms with Crippen molar-refractivity contribution in [2.75, 3.05) is 10.6 Å². The third-order valence-corrected chi connectivity index (χ3v) is 6.41. The normalized spacial score (nSPS) is 10.9. The number of pyridine rings is 2. The molecule has 196 valence electrons. The molecule has 0 aliphatic carbocycles. The van der Waals surface area contributed by atoms with Gasteiger partial charge in [0.05, 0.1) is 11.4 Å². The van der Waals surface area contributed by atoms with Gasteiger partial charge in [0.25, 0.3) is 0 Å². The molecule has 0 atom stereocenters. The fraction of sp³-hybridized carbons (Fsp3) is 0.281. The van der Waals surface area contributed by atoms with Crippen LogP contribution in [0.1, 0.15) is 55.1 Å². The van der Waals surface area contributed by atoms with Crippen molar-refractivity contribution in [3.8, 4) is 0 Å². The molecule has 0 unspecified atom stereocenters. The minimum absolute atomic E-state index is 0.255. The monoisotopic (exact) mass is 507 g/mol. The number of nitrogens with one attached hydrogen (secondary N) is 2. The fourth-order valence-corrected chi connectivity index (χ4v) is 4.43. The minimum atomic E-state index is -0.255. The summed E-state index contributed by atoms with van der Waals surface area (Å²) in [6.45, 7) is 4.20. The van der Waals surface area contributed by atoms with Crippen LogP contribution in [0.4, 0.5) is 16.2 Å². The maximum absolute atomic E-state index is 12.9. The summed E-state index contributed by atoms with van der Waals surface area (Å²) < 4.78 is 0. The lowest BCUT2D eigenvalue weighted by molar-refractivity contribution is 0.242. The van der Waals surface area contributed by atoms with Crippen LogP contribution in [0.2, 0.25) is 0 Å². The van der Waals surface area contributed by atoms with Crippen molar-refractivity contribution in [3.05, 3.63) is 120 Å². The highest BCUT2D eigenvalue weighted by molar-refractivity contribution is 6.00. The molecular weight excluding hydrogens is 470 g/mol. The molecule has 0 saturated heterocycles. The van der Waals surface area contributed by atoms with Gasteiger partial charge in [-0.25, -0.2) is 4.79 Å². The van der Waals surface area contributed by atoms with Gasteiger partial charge in [0.1, 0.15) is 0 Å². The van der Waals surface area contributed by atoms with E-state index < -0.39 is 0 Å². The molecule has 2 aromatic heterocycles. The van der Waals surface area contributed by atoms with E-state index in [1.807, 2.05) is 85.2 Å². The van der Waals surface area contributed by atoms with Gasteiger partial charge < -0.3 is 10.6 Å². The van der Waals surface area contributed by atoms with Crippen molar-refractivity contribution < 1.29 is 4.79 Å². The molecule has 6 nitrogen and oxygen atoms in total. The summed E-state index contributed by atoms with van der Waals surface area (Å²) in [5.41, 5.74) is 5.87. The van der Waals surface area contributed by atoms with E-state index in [0.717, 1.165) is 34.7 Å². The van der Waals surface area contributed by atoms with Crippen LogP contribution in [0.25, 0.3) is 0 Å². The molecule has 0 aliphatic rings. The van der Waals surface area contributed by atoms with Crippen LogP contribution < -0.4 is 10.6 Å². The number of hydrogen-bond donors (Lipinski definition) is 2. The van der Waals surface area contributed by atoms with Gasteiger partial charge in [-0.3, -0.25) is 14.9 Å². The SMILES string of the molecule is CCCCCCc1ccc(NC(=O)Nc2ccccc2CN(Cc2ccccn2)Cc2ccccn2)cc1. The lowest BCUT2D eigenvalue weighted by atomic mass is 10.1. The Morgan fingerprint density at radius 2 is 1.37 bits per heavy atom. The van der Waals surface area contributed by atoms with Crippen molar-refractivity contribution in [2.45, 2.75) is 58.7 Å². The van der Waals surface area contributed by atoms with E-state index >= 15 is 0 Å². The Morgan fingerprint density at radius 1 is 0.711 bits per heavy atom. The first-order chi connectivity index (χ1) is 18.7. The molecule has 4 aromatic rings. The van der Waals surface area contributed by atoms with E-state index in [-0.39, 0.29) is 6.03 Å².